The van der Waals surface area contributed by atoms with E-state index in [1.807, 2.05) is 75.4 Å². The summed E-state index contributed by atoms with van der Waals surface area (Å²) < 4.78 is 0. The van der Waals surface area contributed by atoms with Crippen LogP contribution in [0.15, 0.2) is 54.6 Å². The lowest BCUT2D eigenvalue weighted by Crippen LogP contribution is -2.22. The topological polar surface area (TPSA) is 44.9 Å². The number of carbonyl (C=O) groups is 1. The molecule has 0 aliphatic heterocycles. The molecule has 1 amide bonds. The zero-order valence-electron chi connectivity index (χ0n) is 13.3. The highest BCUT2D eigenvalue weighted by Crippen LogP contribution is 2.16. The molecule has 3 nitrogen and oxygen atoms in total. The third-order valence-electron chi connectivity index (χ3n) is 3.32. The Kier molecular flexibility index (Phi) is 5.37. The maximum atomic E-state index is 12.1. The van der Waals surface area contributed by atoms with Crippen molar-refractivity contribution in [2.24, 2.45) is 0 Å². The van der Waals surface area contributed by atoms with Crippen LogP contribution in [0.3, 0.4) is 0 Å². The lowest BCUT2D eigenvalue weighted by Gasteiger charge is -2.03. The number of nitrogens with one attached hydrogen (secondary N) is 2. The molecule has 3 aromatic rings. The van der Waals surface area contributed by atoms with E-state index >= 15 is 0 Å². The Balaban J connectivity index is 0.000000847. The minimum Gasteiger partial charge on any atom is -0.351 e. The summed E-state index contributed by atoms with van der Waals surface area (Å²) in [4.78, 5) is 15.3. The second kappa shape index (κ2) is 7.46. The molecule has 3 heteroatoms. The summed E-state index contributed by atoms with van der Waals surface area (Å²) in [5, 5.41) is 3.98. The van der Waals surface area contributed by atoms with Crippen LogP contribution < -0.4 is 5.32 Å². The number of aromatic amines is 1. The predicted octanol–water partition coefficient (Wildman–Crippen LogP) is 4.43. The van der Waals surface area contributed by atoms with E-state index in [0.29, 0.717) is 12.2 Å². The summed E-state index contributed by atoms with van der Waals surface area (Å²) in [6.45, 7) is 6.57. The summed E-state index contributed by atoms with van der Waals surface area (Å²) in [6.07, 6.45) is 0. The number of H-pyrrole nitrogens is 1. The van der Waals surface area contributed by atoms with Crippen LogP contribution in [0.25, 0.3) is 10.9 Å². The first-order valence-corrected chi connectivity index (χ1v) is 7.64. The highest BCUT2D eigenvalue weighted by Gasteiger charge is 2.09. The van der Waals surface area contributed by atoms with E-state index in [1.54, 1.807) is 0 Å². The Morgan fingerprint density at radius 1 is 1.05 bits per heavy atom. The smallest absolute Gasteiger partial charge is 0.267 e. The monoisotopic (exact) mass is 294 g/mol. The standard InChI is InChI=1S/C17H16N2O.C2H6/c1-12-7-8-14-10-16(19-15(14)9-12)17(20)18-11-13-5-3-2-4-6-13;1-2/h2-10,19H,11H2,1H3,(H,18,20);1-2H3. The number of rotatable bonds is 3. The molecule has 0 saturated heterocycles. The van der Waals surface area contributed by atoms with Crippen molar-refractivity contribution in [2.45, 2.75) is 27.3 Å². The lowest BCUT2D eigenvalue weighted by atomic mass is 10.2. The zero-order chi connectivity index (χ0) is 15.9. The van der Waals surface area contributed by atoms with Gasteiger partial charge in [-0.2, -0.15) is 0 Å². The summed E-state index contributed by atoms with van der Waals surface area (Å²) in [7, 11) is 0. The average Bonchev–Trinajstić information content (AvgIpc) is 2.98. The normalized spacial score (nSPS) is 9.95. The molecule has 114 valence electrons. The molecule has 0 fully saturated rings. The van der Waals surface area contributed by atoms with Gasteiger partial charge in [-0.1, -0.05) is 56.3 Å². The van der Waals surface area contributed by atoms with Gasteiger partial charge >= 0.3 is 0 Å². The Morgan fingerprint density at radius 3 is 2.50 bits per heavy atom. The largest absolute Gasteiger partial charge is 0.351 e. The van der Waals surface area contributed by atoms with Crippen LogP contribution >= 0.6 is 0 Å². The van der Waals surface area contributed by atoms with Crippen molar-refractivity contribution in [3.63, 3.8) is 0 Å². The van der Waals surface area contributed by atoms with E-state index in [2.05, 4.69) is 10.3 Å². The van der Waals surface area contributed by atoms with Crippen LogP contribution in [0.1, 0.15) is 35.5 Å². The number of carbonyl (C=O) groups excluding carboxylic acids is 1. The number of hydrogen-bond donors (Lipinski definition) is 2. The Labute approximate surface area is 131 Å². The highest BCUT2D eigenvalue weighted by molar-refractivity contribution is 5.98. The first-order chi connectivity index (χ1) is 10.7. The van der Waals surface area contributed by atoms with Crippen molar-refractivity contribution >= 4 is 16.8 Å². The molecule has 22 heavy (non-hydrogen) atoms. The van der Waals surface area contributed by atoms with Crippen LogP contribution in [0, 0.1) is 6.92 Å². The van der Waals surface area contributed by atoms with E-state index in [0.717, 1.165) is 16.5 Å². The van der Waals surface area contributed by atoms with Gasteiger partial charge < -0.3 is 10.3 Å². The van der Waals surface area contributed by atoms with Gasteiger partial charge in [0.2, 0.25) is 0 Å². The molecule has 1 heterocycles. The summed E-state index contributed by atoms with van der Waals surface area (Å²) >= 11 is 0. The fourth-order valence-corrected chi connectivity index (χ4v) is 2.24. The second-order valence-electron chi connectivity index (χ2n) is 4.94. The van der Waals surface area contributed by atoms with Crippen LogP contribution in [0.5, 0.6) is 0 Å². The molecule has 0 aliphatic rings. The number of aromatic nitrogens is 1. The minimum atomic E-state index is -0.0808. The van der Waals surface area contributed by atoms with Gasteiger partial charge in [0, 0.05) is 17.4 Å². The van der Waals surface area contributed by atoms with Crippen molar-refractivity contribution in [1.82, 2.24) is 10.3 Å². The van der Waals surface area contributed by atoms with E-state index in [-0.39, 0.29) is 5.91 Å². The summed E-state index contributed by atoms with van der Waals surface area (Å²) in [5.74, 6) is -0.0808. The van der Waals surface area contributed by atoms with Gasteiger partial charge in [0.15, 0.2) is 0 Å². The zero-order valence-corrected chi connectivity index (χ0v) is 13.3. The molecule has 3 rings (SSSR count). The quantitative estimate of drug-likeness (QED) is 0.737. The summed E-state index contributed by atoms with van der Waals surface area (Å²) in [5.41, 5.74) is 3.86. The van der Waals surface area contributed by atoms with E-state index in [4.69, 9.17) is 0 Å². The Morgan fingerprint density at radius 2 is 1.77 bits per heavy atom. The van der Waals surface area contributed by atoms with Crippen molar-refractivity contribution in [3.05, 3.63) is 71.4 Å². The van der Waals surface area contributed by atoms with Gasteiger partial charge in [-0.3, -0.25) is 4.79 Å². The molecule has 0 atom stereocenters. The fraction of sp³-hybridized carbons (Fsp3) is 0.211. The molecular weight excluding hydrogens is 272 g/mol. The Bertz CT molecular complexity index is 744. The SMILES string of the molecule is CC.Cc1ccc2cc(C(=O)NCc3ccccc3)[nH]c2c1. The average molecular weight is 294 g/mol. The minimum absolute atomic E-state index is 0.0808. The van der Waals surface area contributed by atoms with Gasteiger partial charge in [-0.25, -0.2) is 0 Å². The molecule has 2 N–H and O–H groups in total. The van der Waals surface area contributed by atoms with Gasteiger partial charge in [0.1, 0.15) is 5.69 Å². The van der Waals surface area contributed by atoms with Crippen LogP contribution in [-0.2, 0) is 6.54 Å². The molecule has 0 saturated carbocycles. The van der Waals surface area contributed by atoms with Gasteiger partial charge in [-0.05, 0) is 30.2 Å². The van der Waals surface area contributed by atoms with Crippen molar-refractivity contribution in [1.29, 1.82) is 0 Å². The summed E-state index contributed by atoms with van der Waals surface area (Å²) in [6, 6.07) is 17.9. The number of hydrogen-bond acceptors (Lipinski definition) is 1. The first-order valence-electron chi connectivity index (χ1n) is 7.64. The number of amides is 1. The van der Waals surface area contributed by atoms with E-state index < -0.39 is 0 Å². The molecule has 0 radical (unpaired) electrons. The molecule has 0 unspecified atom stereocenters. The molecule has 1 aromatic heterocycles. The van der Waals surface area contributed by atoms with Crippen LogP contribution in [-0.4, -0.2) is 10.9 Å². The molecule has 0 bridgehead atoms. The molecule has 0 aliphatic carbocycles. The van der Waals surface area contributed by atoms with Crippen molar-refractivity contribution in [2.75, 3.05) is 0 Å². The number of aryl methyl sites for hydroxylation is 1. The van der Waals surface area contributed by atoms with Crippen LogP contribution in [0.2, 0.25) is 0 Å². The van der Waals surface area contributed by atoms with E-state index in [1.165, 1.54) is 5.56 Å². The molecular formula is C19H22N2O. The van der Waals surface area contributed by atoms with Crippen molar-refractivity contribution in [3.8, 4) is 0 Å². The molecule has 0 spiro atoms. The fourth-order valence-electron chi connectivity index (χ4n) is 2.24. The maximum Gasteiger partial charge on any atom is 0.267 e. The second-order valence-corrected chi connectivity index (χ2v) is 4.94. The first kappa shape index (κ1) is 15.8. The van der Waals surface area contributed by atoms with E-state index in [9.17, 15) is 4.79 Å². The van der Waals surface area contributed by atoms with Gasteiger partial charge in [0.05, 0.1) is 0 Å². The van der Waals surface area contributed by atoms with Crippen LogP contribution in [0.4, 0.5) is 0 Å². The number of fused-ring (bicyclic) bond motifs is 1. The Hall–Kier alpha value is -2.55. The molecule has 2 aromatic carbocycles. The number of benzene rings is 2. The third kappa shape index (κ3) is 3.76. The predicted molar refractivity (Wildman–Crippen MR) is 92.0 cm³/mol. The lowest BCUT2D eigenvalue weighted by molar-refractivity contribution is 0.0947. The van der Waals surface area contributed by atoms with Gasteiger partial charge in [-0.15, -0.1) is 0 Å². The third-order valence-corrected chi connectivity index (χ3v) is 3.32. The maximum absolute atomic E-state index is 12.1. The highest BCUT2D eigenvalue weighted by atomic mass is 16.1. The van der Waals surface area contributed by atoms with Gasteiger partial charge in [0.25, 0.3) is 5.91 Å². The van der Waals surface area contributed by atoms with Crippen molar-refractivity contribution < 1.29 is 4.79 Å².